The van der Waals surface area contributed by atoms with Crippen molar-refractivity contribution in [3.05, 3.63) is 62.5 Å². The highest BCUT2D eigenvalue weighted by atomic mass is 35.5. The lowest BCUT2D eigenvalue weighted by Gasteiger charge is -2.40. The number of benzene rings is 1. The van der Waals surface area contributed by atoms with Crippen molar-refractivity contribution in [1.29, 1.82) is 0 Å². The zero-order chi connectivity index (χ0) is 30.1. The first-order valence-electron chi connectivity index (χ1n) is 12.9. The smallest absolute Gasteiger partial charge is 0.416 e. The van der Waals surface area contributed by atoms with Gasteiger partial charge in [0.25, 0.3) is 0 Å². The number of carbonyl (C=O) groups is 2. The molecule has 2 heterocycles. The first kappa shape index (κ1) is 31.1. The number of hydrogen-bond donors (Lipinski definition) is 1. The zero-order valence-electron chi connectivity index (χ0n) is 23.3. The van der Waals surface area contributed by atoms with Gasteiger partial charge in [-0.05, 0) is 64.2 Å². The lowest BCUT2D eigenvalue weighted by molar-refractivity contribution is -0.136. The predicted molar refractivity (Wildman–Crippen MR) is 154 cm³/mol. The van der Waals surface area contributed by atoms with Gasteiger partial charge in [0.2, 0.25) is 10.0 Å². The van der Waals surface area contributed by atoms with Crippen LogP contribution in [0.15, 0.2) is 46.0 Å². The van der Waals surface area contributed by atoms with E-state index in [-0.39, 0.29) is 34.0 Å². The maximum Gasteiger partial charge on any atom is 0.416 e. The number of allylic oxidation sites excluding steroid dienone is 1. The molecule has 0 spiro atoms. The minimum absolute atomic E-state index is 0.00855. The number of amides is 1. The van der Waals surface area contributed by atoms with Gasteiger partial charge in [-0.25, -0.2) is 42.0 Å². The molecule has 0 radical (unpaired) electrons. The molecule has 41 heavy (non-hydrogen) atoms. The average Bonchev–Trinajstić information content (AvgIpc) is 3.41. The summed E-state index contributed by atoms with van der Waals surface area (Å²) in [5.41, 5.74) is -0.187. The van der Waals surface area contributed by atoms with Gasteiger partial charge in [0.1, 0.15) is 17.5 Å². The Morgan fingerprint density at radius 3 is 2.41 bits per heavy atom. The zero-order valence-corrected chi connectivity index (χ0v) is 25.7. The maximum absolute atomic E-state index is 14.2. The van der Waals surface area contributed by atoms with Crippen molar-refractivity contribution in [3.8, 4) is 0 Å². The van der Waals surface area contributed by atoms with Crippen LogP contribution in [0.5, 0.6) is 0 Å². The number of methoxy groups -OCH3 is 1. The highest BCUT2D eigenvalue weighted by Gasteiger charge is 2.46. The summed E-state index contributed by atoms with van der Waals surface area (Å²) in [6.45, 7) is 5.13. The summed E-state index contributed by atoms with van der Waals surface area (Å²) < 4.78 is 51.3. The second kappa shape index (κ2) is 12.2. The van der Waals surface area contributed by atoms with E-state index in [1.807, 2.05) is 0 Å². The third kappa shape index (κ3) is 7.32. The molecule has 0 bridgehead atoms. The van der Waals surface area contributed by atoms with Gasteiger partial charge >= 0.3 is 12.1 Å². The summed E-state index contributed by atoms with van der Waals surface area (Å²) in [5.74, 6) is -1.46. The second-order valence-corrected chi connectivity index (χ2v) is 14.0. The van der Waals surface area contributed by atoms with Crippen LogP contribution >= 0.6 is 22.9 Å². The quantitative estimate of drug-likeness (QED) is 0.436. The van der Waals surface area contributed by atoms with E-state index in [1.54, 1.807) is 32.3 Å². The van der Waals surface area contributed by atoms with E-state index < -0.39 is 39.5 Å². The second-order valence-electron chi connectivity index (χ2n) is 10.9. The fourth-order valence-corrected chi connectivity index (χ4v) is 6.78. The van der Waals surface area contributed by atoms with Crippen LogP contribution in [-0.4, -0.2) is 61.2 Å². The number of thiazole rings is 1. The number of sulfonamides is 1. The fourth-order valence-electron chi connectivity index (χ4n) is 5.05. The van der Waals surface area contributed by atoms with Crippen molar-refractivity contribution >= 4 is 50.9 Å². The van der Waals surface area contributed by atoms with Crippen LogP contribution in [0.3, 0.4) is 0 Å². The molecule has 2 aromatic rings. The minimum Gasteiger partial charge on any atom is -0.466 e. The van der Waals surface area contributed by atoms with Crippen LogP contribution < -0.4 is 4.72 Å². The van der Waals surface area contributed by atoms with E-state index in [4.69, 9.17) is 26.1 Å². The predicted octanol–water partition coefficient (Wildman–Crippen LogP) is 5.21. The Labute approximate surface area is 247 Å². The Kier molecular flexibility index (Phi) is 9.22. The lowest BCUT2D eigenvalue weighted by atomic mass is 9.80. The van der Waals surface area contributed by atoms with Crippen LogP contribution in [0, 0.1) is 11.7 Å². The summed E-state index contributed by atoms with van der Waals surface area (Å²) in [4.78, 5) is 37.8. The first-order chi connectivity index (χ1) is 19.2. The topological polar surface area (TPSA) is 127 Å². The molecule has 10 nitrogen and oxygen atoms in total. The largest absolute Gasteiger partial charge is 0.466 e. The molecule has 4 rings (SSSR count). The van der Waals surface area contributed by atoms with E-state index >= 15 is 0 Å². The molecule has 0 saturated heterocycles. The Balaban J connectivity index is 1.93. The van der Waals surface area contributed by atoms with E-state index in [2.05, 4.69) is 9.71 Å². The van der Waals surface area contributed by atoms with Gasteiger partial charge in [-0.2, -0.15) is 0 Å². The van der Waals surface area contributed by atoms with Crippen LogP contribution in [-0.2, 0) is 24.3 Å². The van der Waals surface area contributed by atoms with Gasteiger partial charge in [0.05, 0.1) is 24.6 Å². The average molecular weight is 627 g/mol. The summed E-state index contributed by atoms with van der Waals surface area (Å²) >= 11 is 7.80. The van der Waals surface area contributed by atoms with Gasteiger partial charge in [-0.3, -0.25) is 0 Å². The number of aromatic nitrogens is 1. The highest BCUT2D eigenvalue weighted by molar-refractivity contribution is 7.88. The van der Waals surface area contributed by atoms with Crippen LogP contribution in [0.2, 0.25) is 5.02 Å². The highest BCUT2D eigenvalue weighted by Crippen LogP contribution is 2.45. The number of halogens is 2. The molecular weight excluding hydrogens is 595 g/mol. The Morgan fingerprint density at radius 1 is 1.20 bits per heavy atom. The third-order valence-electron chi connectivity index (χ3n) is 6.63. The Hall–Kier alpha value is -2.87. The number of esters is 1. The number of aliphatic imine (C=N–C) groups is 1. The van der Waals surface area contributed by atoms with Gasteiger partial charge in [0.15, 0.2) is 10.8 Å². The molecule has 1 N–H and O–H groups in total. The van der Waals surface area contributed by atoms with E-state index in [9.17, 15) is 22.4 Å². The van der Waals surface area contributed by atoms with Gasteiger partial charge in [-0.15, -0.1) is 11.3 Å². The van der Waals surface area contributed by atoms with Crippen molar-refractivity contribution in [1.82, 2.24) is 14.6 Å². The Bertz CT molecular complexity index is 1480. The summed E-state index contributed by atoms with van der Waals surface area (Å²) in [6.07, 6.45) is 3.91. The number of nitrogens with zero attached hydrogens (tertiary/aromatic N) is 3. The molecule has 1 unspecified atom stereocenters. The van der Waals surface area contributed by atoms with Crippen LogP contribution in [0.4, 0.5) is 9.18 Å². The first-order valence-corrected chi connectivity index (χ1v) is 16.1. The summed E-state index contributed by atoms with van der Waals surface area (Å²) in [6, 6.07) is 2.28. The minimum atomic E-state index is -3.39. The molecule has 1 fully saturated rings. The van der Waals surface area contributed by atoms with Gasteiger partial charge in [-0.1, -0.05) is 17.7 Å². The van der Waals surface area contributed by atoms with E-state index in [1.165, 1.54) is 35.5 Å². The Morgan fingerprint density at radius 2 is 1.88 bits per heavy atom. The molecule has 1 aliphatic carbocycles. The normalized spacial score (nSPS) is 21.9. The summed E-state index contributed by atoms with van der Waals surface area (Å²) in [7, 11) is -2.17. The molecule has 1 aromatic heterocycles. The van der Waals surface area contributed by atoms with Crippen LogP contribution in [0.1, 0.15) is 63.1 Å². The molecule has 1 aliphatic heterocycles. The number of rotatable bonds is 6. The van der Waals surface area contributed by atoms with Gasteiger partial charge in [0, 0.05) is 28.6 Å². The SMILES string of the molecule is COC(=O)C1=C(C2CCC(NS(C)(=O)=O)CC2)N=C(c2nccs2)N(C(=O)OC(C)(C)C)C1c1ccc(F)cc1Cl. The van der Waals surface area contributed by atoms with E-state index in [0.29, 0.717) is 36.4 Å². The number of nitrogens with one attached hydrogen (secondary N) is 1. The van der Waals surface area contributed by atoms with Crippen molar-refractivity contribution in [2.45, 2.75) is 64.1 Å². The van der Waals surface area contributed by atoms with Crippen molar-refractivity contribution in [2.75, 3.05) is 13.4 Å². The molecule has 1 atom stereocenters. The van der Waals surface area contributed by atoms with Crippen molar-refractivity contribution in [3.63, 3.8) is 0 Å². The number of carbonyl (C=O) groups excluding carboxylic acids is 2. The van der Waals surface area contributed by atoms with Crippen molar-refractivity contribution < 1.29 is 31.9 Å². The maximum atomic E-state index is 14.2. The van der Waals surface area contributed by atoms with Crippen LogP contribution in [0.25, 0.3) is 0 Å². The molecule has 1 aromatic carbocycles. The fraction of sp³-hybridized carbons (Fsp3) is 0.481. The molecule has 1 amide bonds. The molecule has 222 valence electrons. The monoisotopic (exact) mass is 626 g/mol. The van der Waals surface area contributed by atoms with E-state index in [0.717, 1.165) is 12.3 Å². The number of ether oxygens (including phenoxy) is 2. The molecular formula is C27H32ClFN4O6S2. The molecule has 14 heteroatoms. The number of amidine groups is 1. The molecule has 2 aliphatic rings. The lowest BCUT2D eigenvalue weighted by Crippen LogP contribution is -2.48. The van der Waals surface area contributed by atoms with Gasteiger partial charge < -0.3 is 9.47 Å². The number of hydrogen-bond acceptors (Lipinski definition) is 9. The standard InChI is InChI=1S/C27H32ClFN4O6S2/c1-27(2,3)39-26(35)33-22(18-11-8-16(29)14-19(18)28)20(25(34)38-4)21(31-23(33)24-30-12-13-40-24)15-6-9-17(10-7-15)32-41(5,36)37/h8,11-15,17,22,32H,6-7,9-10H2,1-5H3. The molecule has 1 saturated carbocycles. The van der Waals surface area contributed by atoms with Crippen molar-refractivity contribution in [2.24, 2.45) is 10.9 Å². The summed E-state index contributed by atoms with van der Waals surface area (Å²) in [5, 5.41) is 2.12. The third-order valence-corrected chi connectivity index (χ3v) is 8.49.